The molecule has 0 aliphatic heterocycles. The Kier molecular flexibility index (Phi) is 4.85. The molecule has 4 rings (SSSR count). The minimum atomic E-state index is -0.632. The molecule has 0 amide bonds. The molecule has 0 atom stereocenters. The van der Waals surface area contributed by atoms with Crippen molar-refractivity contribution in [2.75, 3.05) is 0 Å². The largest absolute Gasteiger partial charge is 0.489 e. The second kappa shape index (κ2) is 7.60. The van der Waals surface area contributed by atoms with Gasteiger partial charge in [-0.25, -0.2) is 8.78 Å². The summed E-state index contributed by atoms with van der Waals surface area (Å²) in [5.74, 6) is 0.0976. The van der Waals surface area contributed by atoms with Gasteiger partial charge in [0.05, 0.1) is 5.56 Å². The maximum Gasteiger partial charge on any atom is 0.258 e. The minimum Gasteiger partial charge on any atom is -0.489 e. The van der Waals surface area contributed by atoms with E-state index in [-0.39, 0.29) is 12.2 Å². The number of hydrogen-bond acceptors (Lipinski definition) is 4. The van der Waals surface area contributed by atoms with Crippen LogP contribution in [0.3, 0.4) is 0 Å². The van der Waals surface area contributed by atoms with Crippen molar-refractivity contribution in [2.45, 2.75) is 13.5 Å². The van der Waals surface area contributed by atoms with Gasteiger partial charge in [0.25, 0.3) is 5.89 Å². The van der Waals surface area contributed by atoms with E-state index in [0.717, 1.165) is 16.7 Å². The van der Waals surface area contributed by atoms with Crippen molar-refractivity contribution < 1.29 is 18.0 Å². The highest BCUT2D eigenvalue weighted by Gasteiger charge is 2.12. The van der Waals surface area contributed by atoms with Crippen LogP contribution in [0.4, 0.5) is 8.78 Å². The minimum absolute atomic E-state index is 0.104. The highest BCUT2D eigenvalue weighted by molar-refractivity contribution is 5.60. The summed E-state index contributed by atoms with van der Waals surface area (Å²) in [6, 6.07) is 18.4. The molecule has 3 aromatic carbocycles. The topological polar surface area (TPSA) is 48.2 Å². The maximum absolute atomic E-state index is 13.7. The third-order valence-electron chi connectivity index (χ3n) is 4.28. The first kappa shape index (κ1) is 17.9. The van der Waals surface area contributed by atoms with Gasteiger partial charge in [-0.3, -0.25) is 0 Å². The highest BCUT2D eigenvalue weighted by Crippen LogP contribution is 2.25. The smallest absolute Gasteiger partial charge is 0.258 e. The molecule has 0 saturated carbocycles. The van der Waals surface area contributed by atoms with E-state index in [0.29, 0.717) is 17.5 Å². The van der Waals surface area contributed by atoms with E-state index in [4.69, 9.17) is 9.26 Å². The van der Waals surface area contributed by atoms with Gasteiger partial charge in [0.15, 0.2) is 0 Å². The van der Waals surface area contributed by atoms with Crippen LogP contribution in [0.15, 0.2) is 71.3 Å². The van der Waals surface area contributed by atoms with Crippen molar-refractivity contribution >= 4 is 0 Å². The number of hydrogen-bond donors (Lipinski definition) is 0. The summed E-state index contributed by atoms with van der Waals surface area (Å²) in [5.41, 5.74) is 2.63. The van der Waals surface area contributed by atoms with Crippen molar-refractivity contribution in [3.63, 3.8) is 0 Å². The Balaban J connectivity index is 1.47. The van der Waals surface area contributed by atoms with E-state index in [9.17, 15) is 8.78 Å². The van der Waals surface area contributed by atoms with Gasteiger partial charge >= 0.3 is 0 Å². The monoisotopic (exact) mass is 378 g/mol. The zero-order valence-electron chi connectivity index (χ0n) is 15.0. The highest BCUT2D eigenvalue weighted by atomic mass is 19.1. The molecule has 0 fully saturated rings. The van der Waals surface area contributed by atoms with Crippen molar-refractivity contribution in [2.24, 2.45) is 0 Å². The Morgan fingerprint density at radius 2 is 1.50 bits per heavy atom. The SMILES string of the molecule is Cc1ccc(-c2nc(-c3ccc(OCc4c(F)cccc4F)cc3)no2)cc1. The third kappa shape index (κ3) is 3.76. The Bertz CT molecular complexity index is 1070. The van der Waals surface area contributed by atoms with Gasteiger partial charge < -0.3 is 9.26 Å². The molecular formula is C22H16F2N2O2. The lowest BCUT2D eigenvalue weighted by Gasteiger charge is -2.08. The molecule has 0 bridgehead atoms. The summed E-state index contributed by atoms with van der Waals surface area (Å²) in [6.45, 7) is 1.81. The van der Waals surface area contributed by atoms with Gasteiger partial charge in [0.2, 0.25) is 5.82 Å². The molecule has 0 spiro atoms. The summed E-state index contributed by atoms with van der Waals surface area (Å²) in [6.07, 6.45) is 0. The molecule has 0 N–H and O–H groups in total. The molecular weight excluding hydrogens is 362 g/mol. The Hall–Kier alpha value is -3.54. The van der Waals surface area contributed by atoms with Crippen LogP contribution in [0.1, 0.15) is 11.1 Å². The second-order valence-corrected chi connectivity index (χ2v) is 6.30. The van der Waals surface area contributed by atoms with Crippen LogP contribution in [0.25, 0.3) is 22.8 Å². The molecule has 0 aliphatic rings. The predicted molar refractivity (Wildman–Crippen MR) is 101 cm³/mol. The van der Waals surface area contributed by atoms with Gasteiger partial charge in [-0.1, -0.05) is 28.9 Å². The van der Waals surface area contributed by atoms with E-state index in [1.54, 1.807) is 24.3 Å². The van der Waals surface area contributed by atoms with E-state index < -0.39 is 11.6 Å². The van der Waals surface area contributed by atoms with Gasteiger partial charge in [0.1, 0.15) is 24.0 Å². The summed E-state index contributed by atoms with van der Waals surface area (Å²) >= 11 is 0. The molecule has 0 aliphatic carbocycles. The van der Waals surface area contributed by atoms with Crippen LogP contribution in [-0.2, 0) is 6.61 Å². The summed E-state index contributed by atoms with van der Waals surface area (Å²) < 4.78 is 38.1. The number of aryl methyl sites for hydroxylation is 1. The molecule has 28 heavy (non-hydrogen) atoms. The molecule has 1 heterocycles. The Labute approximate surface area is 160 Å². The van der Waals surface area contributed by atoms with E-state index in [1.165, 1.54) is 18.2 Å². The standard InChI is InChI=1S/C22H16F2N2O2/c1-14-5-7-16(8-6-14)22-25-21(26-28-22)15-9-11-17(12-10-15)27-13-18-19(23)3-2-4-20(18)24/h2-12H,13H2,1H3. The van der Waals surface area contributed by atoms with Crippen LogP contribution in [-0.4, -0.2) is 10.1 Å². The molecule has 4 nitrogen and oxygen atoms in total. The quantitative estimate of drug-likeness (QED) is 0.456. The van der Waals surface area contributed by atoms with Gasteiger partial charge in [0, 0.05) is 11.1 Å². The summed E-state index contributed by atoms with van der Waals surface area (Å²) in [4.78, 5) is 4.41. The van der Waals surface area contributed by atoms with Gasteiger partial charge in [-0.2, -0.15) is 4.98 Å². The summed E-state index contributed by atoms with van der Waals surface area (Å²) in [5, 5.41) is 4.01. The first-order chi connectivity index (χ1) is 13.6. The Morgan fingerprint density at radius 3 is 2.18 bits per heavy atom. The van der Waals surface area contributed by atoms with E-state index >= 15 is 0 Å². The average molecular weight is 378 g/mol. The van der Waals surface area contributed by atoms with Crippen LogP contribution in [0.5, 0.6) is 5.75 Å². The van der Waals surface area contributed by atoms with E-state index in [2.05, 4.69) is 10.1 Å². The lowest BCUT2D eigenvalue weighted by atomic mass is 10.1. The molecule has 6 heteroatoms. The normalized spacial score (nSPS) is 10.8. The van der Waals surface area contributed by atoms with E-state index in [1.807, 2.05) is 31.2 Å². The third-order valence-corrected chi connectivity index (χ3v) is 4.28. The van der Waals surface area contributed by atoms with Crippen molar-refractivity contribution in [3.8, 4) is 28.6 Å². The lowest BCUT2D eigenvalue weighted by molar-refractivity contribution is 0.292. The maximum atomic E-state index is 13.7. The molecule has 4 aromatic rings. The first-order valence-corrected chi connectivity index (χ1v) is 8.67. The van der Waals surface area contributed by atoms with Crippen molar-refractivity contribution in [3.05, 3.63) is 89.5 Å². The number of rotatable bonds is 5. The fourth-order valence-corrected chi connectivity index (χ4v) is 2.68. The van der Waals surface area contributed by atoms with Crippen LogP contribution in [0, 0.1) is 18.6 Å². The number of ether oxygens (including phenoxy) is 1. The molecule has 0 radical (unpaired) electrons. The number of nitrogens with zero attached hydrogens (tertiary/aromatic N) is 2. The fraction of sp³-hybridized carbons (Fsp3) is 0.0909. The Morgan fingerprint density at radius 1 is 0.857 bits per heavy atom. The molecule has 0 unspecified atom stereocenters. The van der Waals surface area contributed by atoms with Crippen molar-refractivity contribution in [1.82, 2.24) is 10.1 Å². The van der Waals surface area contributed by atoms with Crippen LogP contribution < -0.4 is 4.74 Å². The van der Waals surface area contributed by atoms with Crippen molar-refractivity contribution in [1.29, 1.82) is 0 Å². The molecule has 0 saturated heterocycles. The van der Waals surface area contributed by atoms with Gasteiger partial charge in [-0.15, -0.1) is 0 Å². The molecule has 140 valence electrons. The van der Waals surface area contributed by atoms with Gasteiger partial charge in [-0.05, 0) is 55.5 Å². The fourth-order valence-electron chi connectivity index (χ4n) is 2.68. The number of aromatic nitrogens is 2. The predicted octanol–water partition coefficient (Wildman–Crippen LogP) is 5.57. The number of halogens is 2. The zero-order chi connectivity index (χ0) is 19.5. The molecule has 1 aromatic heterocycles. The van der Waals surface area contributed by atoms with Crippen LogP contribution >= 0.6 is 0 Å². The summed E-state index contributed by atoms with van der Waals surface area (Å²) in [7, 11) is 0. The zero-order valence-corrected chi connectivity index (χ0v) is 15.0. The van der Waals surface area contributed by atoms with Crippen LogP contribution in [0.2, 0.25) is 0 Å². The second-order valence-electron chi connectivity index (χ2n) is 6.30. The lowest BCUT2D eigenvalue weighted by Crippen LogP contribution is -2.01. The number of benzene rings is 3. The first-order valence-electron chi connectivity index (χ1n) is 8.67. The average Bonchev–Trinajstić information content (AvgIpc) is 3.19.